The number of amides is 1. The van der Waals surface area contributed by atoms with Crippen LogP contribution in [0.25, 0.3) is 0 Å². The van der Waals surface area contributed by atoms with Gasteiger partial charge in [0.1, 0.15) is 0 Å². The Balaban J connectivity index is 1.48. The highest BCUT2D eigenvalue weighted by molar-refractivity contribution is 5.99. The fraction of sp³-hybridized carbons (Fsp3) is 0.474. The Morgan fingerprint density at radius 2 is 1.92 bits per heavy atom. The van der Waals surface area contributed by atoms with Gasteiger partial charge < -0.3 is 10.1 Å². The van der Waals surface area contributed by atoms with Crippen LogP contribution in [0.4, 0.5) is 5.69 Å². The molecule has 24 heavy (non-hydrogen) atoms. The van der Waals surface area contributed by atoms with Gasteiger partial charge in [-0.15, -0.1) is 0 Å². The summed E-state index contributed by atoms with van der Waals surface area (Å²) in [7, 11) is 0. The number of aromatic nitrogens is 2. The Labute approximate surface area is 141 Å². The van der Waals surface area contributed by atoms with Gasteiger partial charge >= 0.3 is 0 Å². The van der Waals surface area contributed by atoms with Gasteiger partial charge in [0.25, 0.3) is 5.91 Å². The lowest BCUT2D eigenvalue weighted by Crippen LogP contribution is -2.45. The van der Waals surface area contributed by atoms with E-state index < -0.39 is 5.60 Å². The summed E-state index contributed by atoms with van der Waals surface area (Å²) in [6, 6.07) is 4.18. The minimum absolute atomic E-state index is 0.0672. The van der Waals surface area contributed by atoms with E-state index in [-0.39, 0.29) is 5.91 Å². The Kier molecular flexibility index (Phi) is 2.84. The lowest BCUT2D eigenvalue weighted by molar-refractivity contribution is -0.128. The lowest BCUT2D eigenvalue weighted by Gasteiger charge is -2.24. The Bertz CT molecular complexity index is 800. The third-order valence-corrected chi connectivity index (χ3v) is 5.65. The molecule has 0 saturated heterocycles. The molecule has 0 saturated carbocycles. The van der Waals surface area contributed by atoms with Gasteiger partial charge in [-0.2, -0.15) is 5.10 Å². The van der Waals surface area contributed by atoms with Crippen molar-refractivity contribution in [2.75, 3.05) is 5.32 Å². The molecule has 1 amide bonds. The first kappa shape index (κ1) is 14.1. The van der Waals surface area contributed by atoms with Crippen LogP contribution in [0.3, 0.4) is 0 Å². The second-order valence-electron chi connectivity index (χ2n) is 7.35. The van der Waals surface area contributed by atoms with Crippen LogP contribution in [-0.4, -0.2) is 21.3 Å². The molecule has 2 heterocycles. The number of rotatable bonds is 2. The van der Waals surface area contributed by atoms with Crippen LogP contribution < -0.4 is 10.1 Å². The first-order valence-electron chi connectivity index (χ1n) is 8.83. The summed E-state index contributed by atoms with van der Waals surface area (Å²) in [6.07, 6.45) is 8.47. The number of nitrogens with zero attached hydrogens (tertiary/aromatic N) is 2. The monoisotopic (exact) mass is 323 g/mol. The lowest BCUT2D eigenvalue weighted by atomic mass is 9.97. The van der Waals surface area contributed by atoms with Crippen molar-refractivity contribution < 1.29 is 9.53 Å². The van der Waals surface area contributed by atoms with Crippen molar-refractivity contribution >= 4 is 11.6 Å². The van der Waals surface area contributed by atoms with Gasteiger partial charge in [-0.25, -0.2) is 4.68 Å². The SMILES string of the molecule is CC1(C(=O)Nc2c3c(cc4c2CCC4)CCC3)Cn2nccc2O1. The molecule has 1 N–H and O–H groups in total. The van der Waals surface area contributed by atoms with E-state index in [0.717, 1.165) is 31.4 Å². The molecule has 5 nitrogen and oxygen atoms in total. The minimum atomic E-state index is -0.892. The van der Waals surface area contributed by atoms with E-state index in [4.69, 9.17) is 4.74 Å². The van der Waals surface area contributed by atoms with Crippen molar-refractivity contribution in [3.63, 3.8) is 0 Å². The minimum Gasteiger partial charge on any atom is -0.459 e. The number of hydrogen-bond donors (Lipinski definition) is 1. The number of fused-ring (bicyclic) bond motifs is 3. The number of nitrogens with one attached hydrogen (secondary N) is 1. The fourth-order valence-electron chi connectivity index (χ4n) is 4.41. The number of benzene rings is 1. The van der Waals surface area contributed by atoms with Crippen LogP contribution in [0.15, 0.2) is 18.3 Å². The third kappa shape index (κ3) is 1.93. The zero-order valence-electron chi connectivity index (χ0n) is 13.9. The van der Waals surface area contributed by atoms with Gasteiger partial charge in [-0.1, -0.05) is 6.07 Å². The molecule has 0 radical (unpaired) electrons. The molecular formula is C19H21N3O2. The van der Waals surface area contributed by atoms with Crippen molar-refractivity contribution in [2.45, 2.75) is 57.6 Å². The Morgan fingerprint density at radius 3 is 2.58 bits per heavy atom. The van der Waals surface area contributed by atoms with Gasteiger partial charge in [0.15, 0.2) is 0 Å². The maximum atomic E-state index is 13.0. The maximum Gasteiger partial charge on any atom is 0.270 e. The number of aryl methyl sites for hydroxylation is 2. The summed E-state index contributed by atoms with van der Waals surface area (Å²) < 4.78 is 7.65. The highest BCUT2D eigenvalue weighted by Crippen LogP contribution is 2.39. The molecule has 1 unspecified atom stereocenters. The van der Waals surface area contributed by atoms with Crippen LogP contribution in [0.1, 0.15) is 42.0 Å². The van der Waals surface area contributed by atoms with Crippen molar-refractivity contribution in [2.24, 2.45) is 0 Å². The highest BCUT2D eigenvalue weighted by atomic mass is 16.5. The van der Waals surface area contributed by atoms with Crippen LogP contribution in [0.5, 0.6) is 5.88 Å². The molecule has 0 bridgehead atoms. The molecule has 124 valence electrons. The molecule has 2 aliphatic carbocycles. The van der Waals surface area contributed by atoms with Crippen LogP contribution >= 0.6 is 0 Å². The molecule has 5 rings (SSSR count). The van der Waals surface area contributed by atoms with E-state index >= 15 is 0 Å². The van der Waals surface area contributed by atoms with E-state index in [0.29, 0.717) is 12.4 Å². The van der Waals surface area contributed by atoms with Crippen LogP contribution in [-0.2, 0) is 37.0 Å². The second kappa shape index (κ2) is 4.85. The molecule has 3 aliphatic rings. The predicted molar refractivity (Wildman–Crippen MR) is 90.4 cm³/mol. The van der Waals surface area contributed by atoms with E-state index in [1.165, 1.54) is 35.1 Å². The van der Waals surface area contributed by atoms with Crippen molar-refractivity contribution in [3.8, 4) is 5.88 Å². The largest absolute Gasteiger partial charge is 0.459 e. The summed E-state index contributed by atoms with van der Waals surface area (Å²) in [6.45, 7) is 2.30. The number of ether oxygens (including phenoxy) is 1. The third-order valence-electron chi connectivity index (χ3n) is 5.65. The summed E-state index contributed by atoms with van der Waals surface area (Å²) in [5.41, 5.74) is 5.74. The number of anilines is 1. The summed E-state index contributed by atoms with van der Waals surface area (Å²) in [5.74, 6) is 0.596. The molecule has 1 atom stereocenters. The van der Waals surface area contributed by atoms with Gasteiger partial charge in [-0.05, 0) is 67.7 Å². The number of carbonyl (C=O) groups excluding carboxylic acids is 1. The first-order valence-corrected chi connectivity index (χ1v) is 8.83. The van der Waals surface area contributed by atoms with Gasteiger partial charge in [0, 0.05) is 11.8 Å². The van der Waals surface area contributed by atoms with Crippen molar-refractivity contribution in [1.29, 1.82) is 0 Å². The fourth-order valence-corrected chi connectivity index (χ4v) is 4.41. The van der Waals surface area contributed by atoms with E-state index in [1.54, 1.807) is 16.9 Å². The van der Waals surface area contributed by atoms with Crippen molar-refractivity contribution in [1.82, 2.24) is 9.78 Å². The van der Waals surface area contributed by atoms with Gasteiger partial charge in [0.05, 0.1) is 12.7 Å². The van der Waals surface area contributed by atoms with Gasteiger partial charge in [-0.3, -0.25) is 4.79 Å². The van der Waals surface area contributed by atoms with Crippen molar-refractivity contribution in [3.05, 3.63) is 40.6 Å². The number of hydrogen-bond acceptors (Lipinski definition) is 3. The Morgan fingerprint density at radius 1 is 1.21 bits per heavy atom. The van der Waals surface area contributed by atoms with Crippen LogP contribution in [0, 0.1) is 0 Å². The average molecular weight is 323 g/mol. The topological polar surface area (TPSA) is 56.2 Å². The van der Waals surface area contributed by atoms with Gasteiger partial charge in [0.2, 0.25) is 11.5 Å². The quantitative estimate of drug-likeness (QED) is 0.924. The zero-order chi connectivity index (χ0) is 16.3. The zero-order valence-corrected chi connectivity index (χ0v) is 13.9. The molecule has 5 heteroatoms. The molecule has 1 aliphatic heterocycles. The van der Waals surface area contributed by atoms with E-state index in [2.05, 4.69) is 16.5 Å². The molecular weight excluding hydrogens is 302 g/mol. The predicted octanol–water partition coefficient (Wildman–Crippen LogP) is 2.65. The maximum absolute atomic E-state index is 13.0. The highest BCUT2D eigenvalue weighted by Gasteiger charge is 2.43. The smallest absolute Gasteiger partial charge is 0.270 e. The molecule has 1 aromatic heterocycles. The average Bonchev–Trinajstić information content (AvgIpc) is 3.28. The Hall–Kier alpha value is -2.30. The molecule has 1 aromatic carbocycles. The second-order valence-corrected chi connectivity index (χ2v) is 7.35. The molecule has 2 aromatic rings. The summed E-state index contributed by atoms with van der Waals surface area (Å²) in [4.78, 5) is 13.0. The van der Waals surface area contributed by atoms with E-state index in [9.17, 15) is 4.79 Å². The molecule has 0 spiro atoms. The number of carbonyl (C=O) groups is 1. The van der Waals surface area contributed by atoms with E-state index in [1.807, 2.05) is 6.92 Å². The summed E-state index contributed by atoms with van der Waals surface area (Å²) >= 11 is 0. The molecule has 0 fully saturated rings. The first-order chi connectivity index (χ1) is 11.6. The van der Waals surface area contributed by atoms with Crippen LogP contribution in [0.2, 0.25) is 0 Å². The standard InChI is InChI=1S/C19H21N3O2/c1-19(11-22-16(24-19)8-9-20-22)18(23)21-17-14-6-2-4-12(14)10-13-5-3-7-15(13)17/h8-10H,2-7,11H2,1H3,(H,21,23). The summed E-state index contributed by atoms with van der Waals surface area (Å²) in [5, 5.41) is 7.45. The normalized spacial score (nSPS) is 23.5.